The average molecular weight is 332 g/mol. The molecular weight excluding hydrogens is 316 g/mol. The number of amides is 2. The fourth-order valence-corrected chi connectivity index (χ4v) is 3.11. The van der Waals surface area contributed by atoms with E-state index in [2.05, 4.69) is 15.6 Å². The third kappa shape index (κ3) is 3.33. The van der Waals surface area contributed by atoms with Crippen LogP contribution in [0.1, 0.15) is 11.3 Å². The molecule has 1 aliphatic rings. The van der Waals surface area contributed by atoms with E-state index in [9.17, 15) is 9.59 Å². The van der Waals surface area contributed by atoms with Gasteiger partial charge in [0.2, 0.25) is 5.91 Å². The van der Waals surface area contributed by atoms with Crippen LogP contribution in [-0.4, -0.2) is 29.9 Å². The Morgan fingerprint density at radius 3 is 3.13 bits per heavy atom. The Morgan fingerprint density at radius 2 is 2.35 bits per heavy atom. The van der Waals surface area contributed by atoms with Gasteiger partial charge in [-0.1, -0.05) is 0 Å². The number of nitrogens with two attached hydrogens (primary N) is 1. The molecular formula is C15H16N4O3S. The summed E-state index contributed by atoms with van der Waals surface area (Å²) < 4.78 is 5.34. The van der Waals surface area contributed by atoms with E-state index < -0.39 is 0 Å². The molecule has 2 aromatic rings. The maximum Gasteiger partial charge on any atom is 0.262 e. The normalized spacial score (nSPS) is 13.0. The van der Waals surface area contributed by atoms with Crippen molar-refractivity contribution in [3.8, 4) is 17.0 Å². The molecule has 0 atom stereocenters. The van der Waals surface area contributed by atoms with Gasteiger partial charge >= 0.3 is 0 Å². The van der Waals surface area contributed by atoms with Crippen molar-refractivity contribution in [1.29, 1.82) is 0 Å². The minimum absolute atomic E-state index is 0.0272. The number of nitrogens with one attached hydrogen (secondary N) is 2. The second kappa shape index (κ2) is 6.35. The van der Waals surface area contributed by atoms with Crippen LogP contribution in [0.3, 0.4) is 0 Å². The van der Waals surface area contributed by atoms with Crippen LogP contribution in [-0.2, 0) is 9.59 Å². The first kappa shape index (κ1) is 15.4. The number of hydrogen-bond donors (Lipinski definition) is 3. The summed E-state index contributed by atoms with van der Waals surface area (Å²) in [5.74, 6) is 0.302. The van der Waals surface area contributed by atoms with Crippen molar-refractivity contribution in [2.45, 2.75) is 13.3 Å². The van der Waals surface area contributed by atoms with Gasteiger partial charge in [-0.2, -0.15) is 0 Å². The topological polar surface area (TPSA) is 106 Å². The molecule has 0 unspecified atom stereocenters. The van der Waals surface area contributed by atoms with Crippen LogP contribution in [0.15, 0.2) is 18.2 Å². The Bertz CT molecular complexity index is 772. The van der Waals surface area contributed by atoms with E-state index in [1.807, 2.05) is 19.1 Å². The Kier molecular flexibility index (Phi) is 4.26. The van der Waals surface area contributed by atoms with Crippen molar-refractivity contribution in [2.24, 2.45) is 5.73 Å². The molecule has 0 radical (unpaired) electrons. The minimum atomic E-state index is -0.181. The van der Waals surface area contributed by atoms with Gasteiger partial charge in [-0.25, -0.2) is 4.98 Å². The molecule has 4 N–H and O–H groups in total. The van der Waals surface area contributed by atoms with Gasteiger partial charge in [-0.05, 0) is 25.1 Å². The van der Waals surface area contributed by atoms with Gasteiger partial charge in [-0.15, -0.1) is 11.3 Å². The third-order valence-electron chi connectivity index (χ3n) is 3.30. The van der Waals surface area contributed by atoms with Crippen molar-refractivity contribution >= 4 is 34.0 Å². The summed E-state index contributed by atoms with van der Waals surface area (Å²) in [6.07, 6.45) is 0.260. The van der Waals surface area contributed by atoms with Gasteiger partial charge in [0.05, 0.1) is 11.4 Å². The molecule has 2 amide bonds. The van der Waals surface area contributed by atoms with Gasteiger partial charge in [0.1, 0.15) is 5.75 Å². The standard InChI is InChI=1S/C15H16N4O3S/c1-8-14(19-15(23-8)18-12(20)4-5-16)9-2-3-11-10(6-9)17-13(21)7-22-11/h2-3,6H,4-5,7,16H2,1H3,(H,17,21)(H,18,19,20). The van der Waals surface area contributed by atoms with Crippen LogP contribution in [0, 0.1) is 6.92 Å². The van der Waals surface area contributed by atoms with Crippen LogP contribution in [0.5, 0.6) is 5.75 Å². The van der Waals surface area contributed by atoms with E-state index in [-0.39, 0.29) is 24.8 Å². The fourth-order valence-electron chi connectivity index (χ4n) is 2.26. The van der Waals surface area contributed by atoms with Gasteiger partial charge in [0.15, 0.2) is 11.7 Å². The summed E-state index contributed by atoms with van der Waals surface area (Å²) in [7, 11) is 0. The zero-order chi connectivity index (χ0) is 16.4. The molecule has 1 aromatic carbocycles. The largest absolute Gasteiger partial charge is 0.482 e. The van der Waals surface area contributed by atoms with Gasteiger partial charge < -0.3 is 21.1 Å². The lowest BCUT2D eigenvalue weighted by Gasteiger charge is -2.18. The van der Waals surface area contributed by atoms with Crippen molar-refractivity contribution in [2.75, 3.05) is 23.8 Å². The molecule has 0 saturated carbocycles. The second-order valence-corrected chi connectivity index (χ2v) is 6.26. The lowest BCUT2D eigenvalue weighted by Crippen LogP contribution is -2.25. The van der Waals surface area contributed by atoms with E-state index in [1.165, 1.54) is 11.3 Å². The number of fused-ring (bicyclic) bond motifs is 1. The number of carbonyl (C=O) groups is 2. The highest BCUT2D eigenvalue weighted by molar-refractivity contribution is 7.16. The van der Waals surface area contributed by atoms with E-state index in [0.29, 0.717) is 23.1 Å². The fraction of sp³-hybridized carbons (Fsp3) is 0.267. The lowest BCUT2D eigenvalue weighted by atomic mass is 10.1. The summed E-state index contributed by atoms with van der Waals surface area (Å²) in [4.78, 5) is 28.5. The molecule has 1 aromatic heterocycles. The van der Waals surface area contributed by atoms with Crippen LogP contribution in [0.2, 0.25) is 0 Å². The number of hydrogen-bond acceptors (Lipinski definition) is 6. The molecule has 0 spiro atoms. The van der Waals surface area contributed by atoms with Crippen LogP contribution >= 0.6 is 11.3 Å². The smallest absolute Gasteiger partial charge is 0.262 e. The van der Waals surface area contributed by atoms with Crippen LogP contribution in [0.25, 0.3) is 11.3 Å². The number of nitrogens with zero attached hydrogens (tertiary/aromatic N) is 1. The summed E-state index contributed by atoms with van der Waals surface area (Å²) in [6, 6.07) is 5.50. The van der Waals surface area contributed by atoms with Gasteiger partial charge in [0, 0.05) is 23.4 Å². The number of anilines is 2. The molecule has 7 nitrogen and oxygen atoms in total. The van der Waals surface area contributed by atoms with Crippen molar-refractivity contribution < 1.29 is 14.3 Å². The molecule has 8 heteroatoms. The van der Waals surface area contributed by atoms with Gasteiger partial charge in [-0.3, -0.25) is 9.59 Å². The number of ether oxygens (including phenoxy) is 1. The lowest BCUT2D eigenvalue weighted by molar-refractivity contribution is -0.118. The first-order valence-corrected chi connectivity index (χ1v) is 7.93. The number of thiazole rings is 1. The van der Waals surface area contributed by atoms with E-state index >= 15 is 0 Å². The van der Waals surface area contributed by atoms with Gasteiger partial charge in [0.25, 0.3) is 5.91 Å². The molecule has 0 bridgehead atoms. The van der Waals surface area contributed by atoms with Crippen molar-refractivity contribution in [3.05, 3.63) is 23.1 Å². The monoisotopic (exact) mass is 332 g/mol. The average Bonchev–Trinajstić information content (AvgIpc) is 2.87. The number of benzene rings is 1. The number of carbonyl (C=O) groups excluding carboxylic acids is 2. The SMILES string of the molecule is Cc1sc(NC(=O)CCN)nc1-c1ccc2c(c1)NC(=O)CO2. The minimum Gasteiger partial charge on any atom is -0.482 e. The highest BCUT2D eigenvalue weighted by Gasteiger charge is 2.18. The quantitative estimate of drug-likeness (QED) is 0.790. The van der Waals surface area contributed by atoms with E-state index in [4.69, 9.17) is 10.5 Å². The second-order valence-electron chi connectivity index (χ2n) is 5.06. The highest BCUT2D eigenvalue weighted by Crippen LogP contribution is 2.36. The van der Waals surface area contributed by atoms with Crippen LogP contribution < -0.4 is 21.1 Å². The molecule has 0 aliphatic carbocycles. The number of aromatic nitrogens is 1. The molecule has 0 saturated heterocycles. The molecule has 1 aliphatic heterocycles. The summed E-state index contributed by atoms with van der Waals surface area (Å²) >= 11 is 1.40. The van der Waals surface area contributed by atoms with E-state index in [0.717, 1.165) is 16.1 Å². The maximum absolute atomic E-state index is 11.6. The first-order chi connectivity index (χ1) is 11.1. The van der Waals surface area contributed by atoms with Crippen molar-refractivity contribution in [1.82, 2.24) is 4.98 Å². The van der Waals surface area contributed by atoms with Crippen molar-refractivity contribution in [3.63, 3.8) is 0 Å². The molecule has 23 heavy (non-hydrogen) atoms. The number of rotatable bonds is 4. The zero-order valence-electron chi connectivity index (χ0n) is 12.5. The summed E-state index contributed by atoms with van der Waals surface area (Å²) in [5.41, 5.74) is 7.60. The first-order valence-electron chi connectivity index (χ1n) is 7.11. The third-order valence-corrected chi connectivity index (χ3v) is 4.19. The predicted octanol–water partition coefficient (Wildman–Crippen LogP) is 1.74. The molecule has 120 valence electrons. The zero-order valence-corrected chi connectivity index (χ0v) is 13.3. The Hall–Kier alpha value is -2.45. The molecule has 3 rings (SSSR count). The highest BCUT2D eigenvalue weighted by atomic mass is 32.1. The Morgan fingerprint density at radius 1 is 1.52 bits per heavy atom. The molecule has 0 fully saturated rings. The number of aryl methyl sites for hydroxylation is 1. The van der Waals surface area contributed by atoms with E-state index in [1.54, 1.807) is 6.07 Å². The van der Waals surface area contributed by atoms with Crippen LogP contribution in [0.4, 0.5) is 10.8 Å². The predicted molar refractivity (Wildman–Crippen MR) is 88.7 cm³/mol. The maximum atomic E-state index is 11.6. The summed E-state index contributed by atoms with van der Waals surface area (Å²) in [6.45, 7) is 2.26. The Labute approximate surface area is 136 Å². The molecule has 2 heterocycles. The Balaban J connectivity index is 1.87. The summed E-state index contributed by atoms with van der Waals surface area (Å²) in [5, 5.41) is 6.05.